The molecule has 2 amide bonds. The van der Waals surface area contributed by atoms with Crippen LogP contribution in [0.4, 0.5) is 5.69 Å². The molecule has 248 valence electrons. The Bertz CT molecular complexity index is 1770. The lowest BCUT2D eigenvalue weighted by atomic mass is 10.0. The van der Waals surface area contributed by atoms with Gasteiger partial charge in [0.05, 0.1) is 17.7 Å². The fraction of sp³-hybridized carbons (Fsp3) is 0.316. The molecule has 0 aliphatic carbocycles. The molecule has 1 atom stereocenters. The third kappa shape index (κ3) is 9.01. The van der Waals surface area contributed by atoms with Gasteiger partial charge in [0, 0.05) is 19.5 Å². The van der Waals surface area contributed by atoms with Crippen LogP contribution in [0.15, 0.2) is 102 Å². The lowest BCUT2D eigenvalue weighted by Gasteiger charge is -2.34. The third-order valence-corrected chi connectivity index (χ3v) is 9.82. The predicted octanol–water partition coefficient (Wildman–Crippen LogP) is 6.23. The zero-order valence-corrected chi connectivity index (χ0v) is 28.9. The van der Waals surface area contributed by atoms with Crippen LogP contribution in [-0.2, 0) is 32.6 Å². The summed E-state index contributed by atoms with van der Waals surface area (Å²) in [6, 6.07) is 28.0. The number of hydrogen-bond acceptors (Lipinski definition) is 5. The van der Waals surface area contributed by atoms with E-state index in [0.29, 0.717) is 12.3 Å². The molecule has 0 saturated heterocycles. The Morgan fingerprint density at radius 1 is 0.830 bits per heavy atom. The Kier molecular flexibility index (Phi) is 11.8. The predicted molar refractivity (Wildman–Crippen MR) is 187 cm³/mol. The van der Waals surface area contributed by atoms with E-state index in [-0.39, 0.29) is 35.4 Å². The van der Waals surface area contributed by atoms with Gasteiger partial charge in [-0.2, -0.15) is 0 Å². The Labute approximate surface area is 279 Å². The van der Waals surface area contributed by atoms with Gasteiger partial charge in [0.25, 0.3) is 10.0 Å². The quantitative estimate of drug-likeness (QED) is 0.174. The van der Waals surface area contributed by atoms with Crippen molar-refractivity contribution < 1.29 is 22.7 Å². The summed E-state index contributed by atoms with van der Waals surface area (Å²) in [7, 11) is -2.79. The minimum absolute atomic E-state index is 0.0421. The summed E-state index contributed by atoms with van der Waals surface area (Å²) in [6.45, 7) is 9.69. The number of carbonyl (C=O) groups is 2. The van der Waals surface area contributed by atoms with Crippen LogP contribution in [-0.4, -0.2) is 51.4 Å². The molecule has 8 nitrogen and oxygen atoms in total. The fourth-order valence-electron chi connectivity index (χ4n) is 5.29. The van der Waals surface area contributed by atoms with Crippen molar-refractivity contribution >= 4 is 27.5 Å². The van der Waals surface area contributed by atoms with Crippen LogP contribution >= 0.6 is 0 Å². The number of aryl methyl sites for hydroxylation is 3. The van der Waals surface area contributed by atoms with Gasteiger partial charge in [0.15, 0.2) is 0 Å². The Morgan fingerprint density at radius 3 is 2.11 bits per heavy atom. The molecule has 0 aromatic heterocycles. The monoisotopic (exact) mass is 655 g/mol. The molecule has 0 saturated carbocycles. The summed E-state index contributed by atoms with van der Waals surface area (Å²) in [5.74, 6) is -0.320. The second-order valence-electron chi connectivity index (χ2n) is 12.3. The van der Waals surface area contributed by atoms with E-state index in [1.165, 1.54) is 24.1 Å². The van der Waals surface area contributed by atoms with Crippen LogP contribution in [0.2, 0.25) is 0 Å². The summed E-state index contributed by atoms with van der Waals surface area (Å²) in [5.41, 5.74) is 4.63. The first-order chi connectivity index (χ1) is 22.4. The molecule has 0 aliphatic rings. The SMILES string of the molecule is COc1ccc(C)cc1N(CC(=O)N(Cc1ccccc1C)[C@@H](Cc1ccccc1)C(=O)NCC(C)C)S(=O)(=O)c1ccc(C)cc1. The molecule has 47 heavy (non-hydrogen) atoms. The Morgan fingerprint density at radius 2 is 1.47 bits per heavy atom. The topological polar surface area (TPSA) is 96.0 Å². The van der Waals surface area contributed by atoms with Gasteiger partial charge in [0.2, 0.25) is 11.8 Å². The van der Waals surface area contributed by atoms with E-state index >= 15 is 0 Å². The minimum atomic E-state index is -4.25. The number of methoxy groups -OCH3 is 1. The van der Waals surface area contributed by atoms with Gasteiger partial charge >= 0.3 is 0 Å². The number of hydrogen-bond donors (Lipinski definition) is 1. The molecule has 0 spiro atoms. The van der Waals surface area contributed by atoms with Crippen LogP contribution < -0.4 is 14.4 Å². The first-order valence-corrected chi connectivity index (χ1v) is 17.2. The largest absolute Gasteiger partial charge is 0.495 e. The van der Waals surface area contributed by atoms with Crippen molar-refractivity contribution in [1.29, 1.82) is 0 Å². The van der Waals surface area contributed by atoms with E-state index in [1.54, 1.807) is 24.3 Å². The van der Waals surface area contributed by atoms with Gasteiger partial charge in [-0.05, 0) is 73.2 Å². The number of anilines is 1. The van der Waals surface area contributed by atoms with E-state index in [0.717, 1.165) is 32.1 Å². The van der Waals surface area contributed by atoms with Gasteiger partial charge in [-0.1, -0.05) is 92.2 Å². The highest BCUT2D eigenvalue weighted by Crippen LogP contribution is 2.34. The molecule has 0 heterocycles. The molecule has 0 bridgehead atoms. The lowest BCUT2D eigenvalue weighted by molar-refractivity contribution is -0.140. The molecule has 0 radical (unpaired) electrons. The highest BCUT2D eigenvalue weighted by atomic mass is 32.2. The van der Waals surface area contributed by atoms with E-state index in [9.17, 15) is 18.0 Å². The molecule has 0 unspecified atom stereocenters. The van der Waals surface area contributed by atoms with Crippen molar-refractivity contribution in [1.82, 2.24) is 10.2 Å². The van der Waals surface area contributed by atoms with E-state index in [1.807, 2.05) is 95.3 Å². The van der Waals surface area contributed by atoms with E-state index in [2.05, 4.69) is 5.32 Å². The average molecular weight is 656 g/mol. The number of nitrogens with one attached hydrogen (secondary N) is 1. The summed E-state index contributed by atoms with van der Waals surface area (Å²) >= 11 is 0. The number of carbonyl (C=O) groups excluding carboxylic acids is 2. The maximum Gasteiger partial charge on any atom is 0.264 e. The number of amides is 2. The maximum atomic E-state index is 14.7. The van der Waals surface area contributed by atoms with Gasteiger partial charge in [-0.15, -0.1) is 0 Å². The van der Waals surface area contributed by atoms with Crippen molar-refractivity contribution in [3.8, 4) is 5.75 Å². The highest BCUT2D eigenvalue weighted by molar-refractivity contribution is 7.92. The molecule has 0 aliphatic heterocycles. The van der Waals surface area contributed by atoms with Crippen LogP contribution in [0, 0.1) is 26.7 Å². The summed E-state index contributed by atoms with van der Waals surface area (Å²) in [5, 5.41) is 3.03. The smallest absolute Gasteiger partial charge is 0.264 e. The molecule has 0 fully saturated rings. The Hall–Kier alpha value is -4.63. The Balaban J connectivity index is 1.86. The van der Waals surface area contributed by atoms with Crippen molar-refractivity contribution in [2.75, 3.05) is 24.5 Å². The van der Waals surface area contributed by atoms with Gasteiger partial charge < -0.3 is 15.0 Å². The van der Waals surface area contributed by atoms with Crippen molar-refractivity contribution in [2.45, 2.75) is 58.5 Å². The fourth-order valence-corrected chi connectivity index (χ4v) is 6.71. The average Bonchev–Trinajstić information content (AvgIpc) is 3.05. The molecule has 1 N–H and O–H groups in total. The molecule has 4 rings (SSSR count). The van der Waals surface area contributed by atoms with Crippen LogP contribution in [0.25, 0.3) is 0 Å². The molecular formula is C38H45N3O5S. The summed E-state index contributed by atoms with van der Waals surface area (Å²) < 4.78 is 35.5. The highest BCUT2D eigenvalue weighted by Gasteiger charge is 2.35. The number of sulfonamides is 1. The van der Waals surface area contributed by atoms with E-state index < -0.39 is 28.5 Å². The molecular weight excluding hydrogens is 611 g/mol. The lowest BCUT2D eigenvalue weighted by Crippen LogP contribution is -2.53. The maximum absolute atomic E-state index is 14.7. The third-order valence-electron chi connectivity index (χ3n) is 8.05. The second kappa shape index (κ2) is 15.8. The van der Waals surface area contributed by atoms with Crippen LogP contribution in [0.1, 0.15) is 41.7 Å². The molecule has 4 aromatic carbocycles. The van der Waals surface area contributed by atoms with Crippen LogP contribution in [0.3, 0.4) is 0 Å². The van der Waals surface area contributed by atoms with Crippen molar-refractivity contribution in [3.05, 3.63) is 125 Å². The summed E-state index contributed by atoms with van der Waals surface area (Å²) in [4.78, 5) is 30.3. The van der Waals surface area contributed by atoms with Gasteiger partial charge in [-0.25, -0.2) is 8.42 Å². The number of rotatable bonds is 14. The standard InChI is InChI=1S/C38H45N3O5S/c1-27(2)24-39-38(43)35(23-31-13-8-7-9-14-31)40(25-32-15-11-10-12-30(32)5)37(42)26-41(34-22-29(4)18-21-36(34)46-6)47(44,45)33-19-16-28(3)17-20-33/h7-22,27,35H,23-26H2,1-6H3,(H,39,43)/t35-/m0/s1. The van der Waals surface area contributed by atoms with Crippen molar-refractivity contribution in [3.63, 3.8) is 0 Å². The van der Waals surface area contributed by atoms with Crippen molar-refractivity contribution in [2.24, 2.45) is 5.92 Å². The minimum Gasteiger partial charge on any atom is -0.495 e. The molecule has 9 heteroatoms. The molecule has 4 aromatic rings. The van der Waals surface area contributed by atoms with Crippen LogP contribution in [0.5, 0.6) is 5.75 Å². The summed E-state index contributed by atoms with van der Waals surface area (Å²) in [6.07, 6.45) is 0.251. The number of ether oxygens (including phenoxy) is 1. The first kappa shape index (κ1) is 35.2. The normalized spacial score (nSPS) is 12.0. The van der Waals surface area contributed by atoms with E-state index in [4.69, 9.17) is 4.74 Å². The number of nitrogens with zero attached hydrogens (tertiary/aromatic N) is 2. The number of benzene rings is 4. The zero-order valence-electron chi connectivity index (χ0n) is 28.1. The second-order valence-corrected chi connectivity index (χ2v) is 14.2. The first-order valence-electron chi connectivity index (χ1n) is 15.8. The zero-order chi connectivity index (χ0) is 34.1. The van der Waals surface area contributed by atoms with Gasteiger partial charge in [0.1, 0.15) is 18.3 Å². The van der Waals surface area contributed by atoms with Gasteiger partial charge in [-0.3, -0.25) is 13.9 Å².